The number of carbonyl (C=O) groups is 1. The van der Waals surface area contributed by atoms with E-state index in [-0.39, 0.29) is 12.0 Å². The summed E-state index contributed by atoms with van der Waals surface area (Å²) in [5.41, 5.74) is 3.24. The van der Waals surface area contributed by atoms with Crippen molar-refractivity contribution in [2.75, 3.05) is 18.5 Å². The molecule has 2 heterocycles. The number of aromatic nitrogens is 1. The van der Waals surface area contributed by atoms with Crippen molar-refractivity contribution in [1.82, 2.24) is 4.98 Å². The van der Waals surface area contributed by atoms with Crippen LogP contribution >= 0.6 is 11.3 Å². The number of nitrogens with one attached hydrogen (secondary N) is 1. The molecule has 1 atom stereocenters. The zero-order chi connectivity index (χ0) is 20.1. The predicted molar refractivity (Wildman–Crippen MR) is 116 cm³/mol. The van der Waals surface area contributed by atoms with E-state index in [1.165, 1.54) is 23.3 Å². The van der Waals surface area contributed by atoms with E-state index < -0.39 is 0 Å². The van der Waals surface area contributed by atoms with Gasteiger partial charge in [0, 0.05) is 17.6 Å². The van der Waals surface area contributed by atoms with Gasteiger partial charge in [-0.25, -0.2) is 4.98 Å². The van der Waals surface area contributed by atoms with Crippen LogP contribution in [0.25, 0.3) is 10.6 Å². The van der Waals surface area contributed by atoms with Crippen LogP contribution in [-0.2, 0) is 4.74 Å². The first-order valence-corrected chi connectivity index (χ1v) is 10.7. The van der Waals surface area contributed by atoms with Crippen LogP contribution in [0.15, 0.2) is 53.9 Å². The Morgan fingerprint density at radius 3 is 2.83 bits per heavy atom. The SMILES string of the molecule is Cc1ccc(-c2nc(C(=O)Nc3ccccc3OCC3CCCCO3)cs2)cc1. The van der Waals surface area contributed by atoms with Gasteiger partial charge in [0.1, 0.15) is 23.1 Å². The molecule has 3 aromatic rings. The number of anilines is 1. The summed E-state index contributed by atoms with van der Waals surface area (Å²) in [4.78, 5) is 17.2. The standard InChI is InChI=1S/C23H24N2O3S/c1-16-9-11-17(12-10-16)23-25-20(15-29-23)22(26)24-19-7-2-3-8-21(19)28-14-18-6-4-5-13-27-18/h2-3,7-12,15,18H,4-6,13-14H2,1H3,(H,24,26). The third kappa shape index (κ3) is 5.02. The first kappa shape index (κ1) is 19.6. The van der Waals surface area contributed by atoms with Crippen molar-refractivity contribution in [2.24, 2.45) is 0 Å². The maximum absolute atomic E-state index is 12.7. The summed E-state index contributed by atoms with van der Waals surface area (Å²) in [5.74, 6) is 0.397. The van der Waals surface area contributed by atoms with Crippen LogP contribution in [0.5, 0.6) is 5.75 Å². The lowest BCUT2D eigenvalue weighted by Crippen LogP contribution is -2.26. The quantitative estimate of drug-likeness (QED) is 0.600. The number of carbonyl (C=O) groups excluding carboxylic acids is 1. The van der Waals surface area contributed by atoms with Gasteiger partial charge >= 0.3 is 0 Å². The zero-order valence-electron chi connectivity index (χ0n) is 16.4. The average molecular weight is 409 g/mol. The van der Waals surface area contributed by atoms with Crippen molar-refractivity contribution in [1.29, 1.82) is 0 Å². The number of hydrogen-bond donors (Lipinski definition) is 1. The van der Waals surface area contributed by atoms with Gasteiger partial charge in [-0.2, -0.15) is 0 Å². The van der Waals surface area contributed by atoms with Crippen molar-refractivity contribution in [3.05, 3.63) is 65.2 Å². The summed E-state index contributed by atoms with van der Waals surface area (Å²) in [5, 5.41) is 5.54. The Bertz CT molecular complexity index is 962. The highest BCUT2D eigenvalue weighted by molar-refractivity contribution is 7.13. The van der Waals surface area contributed by atoms with Gasteiger partial charge in [0.15, 0.2) is 0 Å². The summed E-state index contributed by atoms with van der Waals surface area (Å²) >= 11 is 1.46. The molecule has 150 valence electrons. The van der Waals surface area contributed by atoms with E-state index in [9.17, 15) is 4.79 Å². The van der Waals surface area contributed by atoms with Gasteiger partial charge in [-0.05, 0) is 38.3 Å². The molecule has 1 aliphatic heterocycles. The molecule has 0 aliphatic carbocycles. The molecule has 0 radical (unpaired) electrons. The largest absolute Gasteiger partial charge is 0.489 e. The second-order valence-corrected chi connectivity index (χ2v) is 8.01. The third-order valence-electron chi connectivity index (χ3n) is 4.87. The van der Waals surface area contributed by atoms with Gasteiger partial charge in [0.05, 0.1) is 11.8 Å². The molecule has 29 heavy (non-hydrogen) atoms. The summed E-state index contributed by atoms with van der Waals surface area (Å²) in [6.45, 7) is 3.32. The van der Waals surface area contributed by atoms with Gasteiger partial charge in [-0.1, -0.05) is 42.0 Å². The molecule has 1 N–H and O–H groups in total. The van der Waals surface area contributed by atoms with Gasteiger partial charge in [-0.3, -0.25) is 4.79 Å². The Morgan fingerprint density at radius 1 is 1.21 bits per heavy atom. The summed E-state index contributed by atoms with van der Waals surface area (Å²) in [6, 6.07) is 15.6. The number of thiazole rings is 1. The molecule has 1 unspecified atom stereocenters. The van der Waals surface area contributed by atoms with E-state index in [2.05, 4.69) is 10.3 Å². The number of ether oxygens (including phenoxy) is 2. The topological polar surface area (TPSA) is 60.5 Å². The molecule has 5 nitrogen and oxygen atoms in total. The molecule has 1 amide bonds. The summed E-state index contributed by atoms with van der Waals surface area (Å²) in [6.07, 6.45) is 3.40. The zero-order valence-corrected chi connectivity index (χ0v) is 17.2. The fourth-order valence-electron chi connectivity index (χ4n) is 3.21. The highest BCUT2D eigenvalue weighted by atomic mass is 32.1. The highest BCUT2D eigenvalue weighted by Gasteiger charge is 2.17. The number of rotatable bonds is 6. The monoisotopic (exact) mass is 408 g/mol. The van der Waals surface area contributed by atoms with Gasteiger partial charge < -0.3 is 14.8 Å². The predicted octanol–water partition coefficient (Wildman–Crippen LogP) is 5.32. The van der Waals surface area contributed by atoms with Crippen LogP contribution in [0.1, 0.15) is 35.3 Å². The number of amides is 1. The minimum Gasteiger partial charge on any atom is -0.489 e. The minimum absolute atomic E-state index is 0.114. The fraction of sp³-hybridized carbons (Fsp3) is 0.304. The van der Waals surface area contributed by atoms with Crippen molar-refractivity contribution < 1.29 is 14.3 Å². The molecule has 1 saturated heterocycles. The summed E-state index contributed by atoms with van der Waals surface area (Å²) in [7, 11) is 0. The van der Waals surface area contributed by atoms with E-state index in [4.69, 9.17) is 9.47 Å². The molecule has 2 aromatic carbocycles. The van der Waals surface area contributed by atoms with E-state index >= 15 is 0 Å². The highest BCUT2D eigenvalue weighted by Crippen LogP contribution is 2.27. The van der Waals surface area contributed by atoms with Crippen LogP contribution in [0.2, 0.25) is 0 Å². The Hall–Kier alpha value is -2.70. The average Bonchev–Trinajstić information content (AvgIpc) is 3.25. The minimum atomic E-state index is -0.246. The molecule has 1 fully saturated rings. The van der Waals surface area contributed by atoms with Crippen LogP contribution in [0.3, 0.4) is 0 Å². The number of hydrogen-bond acceptors (Lipinski definition) is 5. The lowest BCUT2D eigenvalue weighted by Gasteiger charge is -2.23. The van der Waals surface area contributed by atoms with Crippen molar-refractivity contribution in [3.8, 4) is 16.3 Å². The molecule has 0 spiro atoms. The lowest BCUT2D eigenvalue weighted by atomic mass is 10.1. The van der Waals surface area contributed by atoms with E-state index in [1.54, 1.807) is 5.38 Å². The molecule has 4 rings (SSSR count). The molecular weight excluding hydrogens is 384 g/mol. The van der Waals surface area contributed by atoms with Crippen molar-refractivity contribution in [2.45, 2.75) is 32.3 Å². The number of aryl methyl sites for hydroxylation is 1. The second-order valence-electron chi connectivity index (χ2n) is 7.15. The summed E-state index contributed by atoms with van der Waals surface area (Å²) < 4.78 is 11.7. The molecular formula is C23H24N2O3S. The maximum Gasteiger partial charge on any atom is 0.275 e. The Kier molecular flexibility index (Phi) is 6.22. The first-order chi connectivity index (χ1) is 14.2. The molecule has 1 aliphatic rings. The second kappa shape index (κ2) is 9.20. The van der Waals surface area contributed by atoms with Gasteiger partial charge in [0.25, 0.3) is 5.91 Å². The normalized spacial score (nSPS) is 16.4. The molecule has 6 heteroatoms. The van der Waals surface area contributed by atoms with E-state index in [0.29, 0.717) is 23.7 Å². The first-order valence-electron chi connectivity index (χ1n) is 9.86. The third-order valence-corrected chi connectivity index (χ3v) is 5.76. The van der Waals surface area contributed by atoms with Crippen LogP contribution in [0.4, 0.5) is 5.69 Å². The van der Waals surface area contributed by atoms with Crippen LogP contribution in [-0.4, -0.2) is 30.2 Å². The maximum atomic E-state index is 12.7. The Morgan fingerprint density at radius 2 is 2.03 bits per heavy atom. The Balaban J connectivity index is 1.42. The number of para-hydroxylation sites is 2. The fourth-order valence-corrected chi connectivity index (χ4v) is 4.02. The van der Waals surface area contributed by atoms with Gasteiger partial charge in [-0.15, -0.1) is 11.3 Å². The Labute approximate surface area is 174 Å². The van der Waals surface area contributed by atoms with Crippen LogP contribution in [0, 0.1) is 6.92 Å². The van der Waals surface area contributed by atoms with Crippen molar-refractivity contribution >= 4 is 22.9 Å². The van der Waals surface area contributed by atoms with Crippen molar-refractivity contribution in [3.63, 3.8) is 0 Å². The number of benzene rings is 2. The molecule has 1 aromatic heterocycles. The smallest absolute Gasteiger partial charge is 0.275 e. The van der Waals surface area contributed by atoms with Crippen LogP contribution < -0.4 is 10.1 Å². The van der Waals surface area contributed by atoms with E-state index in [1.807, 2.05) is 55.5 Å². The van der Waals surface area contributed by atoms with Gasteiger partial charge in [0.2, 0.25) is 0 Å². The number of nitrogens with zero attached hydrogens (tertiary/aromatic N) is 1. The lowest BCUT2D eigenvalue weighted by molar-refractivity contribution is -0.0109. The van der Waals surface area contributed by atoms with E-state index in [0.717, 1.165) is 30.0 Å². The molecule has 0 bridgehead atoms. The molecule has 0 saturated carbocycles.